The van der Waals surface area contributed by atoms with Gasteiger partial charge in [-0.25, -0.2) is 4.68 Å². The zero-order valence-electron chi connectivity index (χ0n) is 14.9. The molecule has 1 aromatic heterocycles. The molecule has 5 nitrogen and oxygen atoms in total. The van der Waals surface area contributed by atoms with E-state index in [-0.39, 0.29) is 0 Å². The molecule has 3 rings (SSSR count). The first-order chi connectivity index (χ1) is 11.5. The van der Waals surface area contributed by atoms with Crippen LogP contribution >= 0.6 is 0 Å². The zero-order chi connectivity index (χ0) is 17.2. The van der Waals surface area contributed by atoms with E-state index in [1.54, 1.807) is 6.20 Å². The minimum atomic E-state index is -0.593. The fraction of sp³-hybridized carbons (Fsp3) is 0.526. The first-order valence-electron chi connectivity index (χ1n) is 8.64. The van der Waals surface area contributed by atoms with Gasteiger partial charge in [-0.3, -0.25) is 4.90 Å². The third kappa shape index (κ3) is 4.04. The maximum Gasteiger partial charge on any atom is 0.0900 e. The number of β-amino-alcohol motifs (C(OH)–C–C–N with tert-alkyl or cyclic N) is 1. The van der Waals surface area contributed by atoms with Crippen molar-refractivity contribution < 1.29 is 5.11 Å². The molecule has 1 fully saturated rings. The molecule has 2 aromatic rings. The maximum absolute atomic E-state index is 10.8. The van der Waals surface area contributed by atoms with Crippen molar-refractivity contribution in [2.24, 2.45) is 0 Å². The van der Waals surface area contributed by atoms with Crippen LogP contribution in [-0.4, -0.2) is 64.0 Å². The van der Waals surface area contributed by atoms with Crippen LogP contribution in [0, 0.1) is 6.92 Å². The lowest BCUT2D eigenvalue weighted by Crippen LogP contribution is -2.52. The van der Waals surface area contributed by atoms with Crippen LogP contribution < -0.4 is 0 Å². The SMILES string of the molecule is Cc1cc(-n2cccn2)ccc1CN1CCC[C@@](O)(CN(C)C)C1. The monoisotopic (exact) mass is 328 g/mol. The predicted molar refractivity (Wildman–Crippen MR) is 96.3 cm³/mol. The smallest absolute Gasteiger partial charge is 0.0900 e. The highest BCUT2D eigenvalue weighted by Crippen LogP contribution is 2.24. The van der Waals surface area contributed by atoms with Crippen LogP contribution in [0.2, 0.25) is 0 Å². The van der Waals surface area contributed by atoms with Crippen molar-refractivity contribution in [3.63, 3.8) is 0 Å². The van der Waals surface area contributed by atoms with Crippen LogP contribution in [0.1, 0.15) is 24.0 Å². The third-order valence-electron chi connectivity index (χ3n) is 4.73. The Morgan fingerprint density at radius 3 is 2.83 bits per heavy atom. The molecular formula is C19H28N4O. The van der Waals surface area contributed by atoms with Gasteiger partial charge < -0.3 is 10.0 Å². The highest BCUT2D eigenvalue weighted by molar-refractivity contribution is 5.39. The maximum atomic E-state index is 10.8. The van der Waals surface area contributed by atoms with Gasteiger partial charge in [-0.2, -0.15) is 5.10 Å². The van der Waals surface area contributed by atoms with Crippen molar-refractivity contribution in [2.75, 3.05) is 33.7 Å². The van der Waals surface area contributed by atoms with Gasteiger partial charge >= 0.3 is 0 Å². The summed E-state index contributed by atoms with van der Waals surface area (Å²) in [5.74, 6) is 0. The molecule has 1 N–H and O–H groups in total. The highest BCUT2D eigenvalue weighted by atomic mass is 16.3. The molecule has 1 aliphatic rings. The number of likely N-dealkylation sites (tertiary alicyclic amines) is 1. The normalized spacial score (nSPS) is 22.2. The first kappa shape index (κ1) is 17.1. The molecular weight excluding hydrogens is 300 g/mol. The van der Waals surface area contributed by atoms with Crippen LogP contribution in [0.15, 0.2) is 36.7 Å². The number of piperidine rings is 1. The summed E-state index contributed by atoms with van der Waals surface area (Å²) in [5.41, 5.74) is 3.08. The van der Waals surface area contributed by atoms with Gasteiger partial charge in [0.15, 0.2) is 0 Å². The Bertz CT molecular complexity index is 668. The van der Waals surface area contributed by atoms with Crippen LogP contribution in [0.3, 0.4) is 0 Å². The fourth-order valence-electron chi connectivity index (χ4n) is 3.72. The van der Waals surface area contributed by atoms with E-state index in [9.17, 15) is 5.11 Å². The van der Waals surface area contributed by atoms with Gasteiger partial charge in [0, 0.05) is 32.0 Å². The number of aromatic nitrogens is 2. The summed E-state index contributed by atoms with van der Waals surface area (Å²) in [7, 11) is 4.05. The molecule has 0 radical (unpaired) electrons. The van der Waals surface area contributed by atoms with Gasteiger partial charge in [0.1, 0.15) is 0 Å². The van der Waals surface area contributed by atoms with E-state index >= 15 is 0 Å². The Labute approximate surface area is 144 Å². The van der Waals surface area contributed by atoms with Crippen LogP contribution in [-0.2, 0) is 6.54 Å². The molecule has 0 bridgehead atoms. The number of aliphatic hydroxyl groups is 1. The molecule has 0 spiro atoms. The van der Waals surface area contributed by atoms with Crippen LogP contribution in [0.4, 0.5) is 0 Å². The van der Waals surface area contributed by atoms with E-state index in [0.717, 1.165) is 44.7 Å². The van der Waals surface area contributed by atoms with Gasteiger partial charge in [0.2, 0.25) is 0 Å². The van der Waals surface area contributed by atoms with Crippen molar-refractivity contribution in [2.45, 2.75) is 31.9 Å². The molecule has 0 aliphatic carbocycles. The Hall–Kier alpha value is -1.69. The lowest BCUT2D eigenvalue weighted by Gasteiger charge is -2.40. The van der Waals surface area contributed by atoms with E-state index < -0.39 is 5.60 Å². The summed E-state index contributed by atoms with van der Waals surface area (Å²) in [6, 6.07) is 8.41. The predicted octanol–water partition coefficient (Wildman–Crippen LogP) is 2.07. The third-order valence-corrected chi connectivity index (χ3v) is 4.73. The van der Waals surface area contributed by atoms with Crippen molar-refractivity contribution in [3.8, 4) is 5.69 Å². The Kier molecular flexibility index (Phi) is 5.04. The van der Waals surface area contributed by atoms with Crippen molar-refractivity contribution in [1.82, 2.24) is 19.6 Å². The lowest BCUT2D eigenvalue weighted by molar-refractivity contribution is -0.0480. The number of likely N-dealkylation sites (N-methyl/N-ethyl adjacent to an activating group) is 1. The number of nitrogens with zero attached hydrogens (tertiary/aromatic N) is 4. The van der Waals surface area contributed by atoms with Gasteiger partial charge in [-0.15, -0.1) is 0 Å². The van der Waals surface area contributed by atoms with Crippen molar-refractivity contribution in [1.29, 1.82) is 0 Å². The number of rotatable bonds is 5. The zero-order valence-corrected chi connectivity index (χ0v) is 14.9. The van der Waals surface area contributed by atoms with E-state index in [1.807, 2.05) is 31.0 Å². The highest BCUT2D eigenvalue weighted by Gasteiger charge is 2.33. The topological polar surface area (TPSA) is 44.5 Å². The molecule has 1 aromatic carbocycles. The van der Waals surface area contributed by atoms with E-state index in [2.05, 4.69) is 40.0 Å². The summed E-state index contributed by atoms with van der Waals surface area (Å²) in [4.78, 5) is 4.45. The van der Waals surface area contributed by atoms with Crippen LogP contribution in [0.25, 0.3) is 5.69 Å². The van der Waals surface area contributed by atoms with Gasteiger partial charge in [-0.1, -0.05) is 6.07 Å². The number of benzene rings is 1. The molecule has 1 atom stereocenters. The lowest BCUT2D eigenvalue weighted by atomic mass is 9.92. The van der Waals surface area contributed by atoms with Crippen molar-refractivity contribution in [3.05, 3.63) is 47.8 Å². The second-order valence-electron chi connectivity index (χ2n) is 7.34. The molecule has 0 amide bonds. The Morgan fingerprint density at radius 1 is 1.33 bits per heavy atom. The molecule has 5 heteroatoms. The number of hydrogen-bond acceptors (Lipinski definition) is 4. The van der Waals surface area contributed by atoms with Crippen LogP contribution in [0.5, 0.6) is 0 Å². The molecule has 24 heavy (non-hydrogen) atoms. The summed E-state index contributed by atoms with van der Waals surface area (Å²) in [6.07, 6.45) is 5.69. The molecule has 0 saturated carbocycles. The second kappa shape index (κ2) is 7.05. The summed E-state index contributed by atoms with van der Waals surface area (Å²) in [6.45, 7) is 5.56. The minimum absolute atomic E-state index is 0.593. The largest absolute Gasteiger partial charge is 0.387 e. The second-order valence-corrected chi connectivity index (χ2v) is 7.34. The Morgan fingerprint density at radius 2 is 2.17 bits per heavy atom. The summed E-state index contributed by atoms with van der Waals surface area (Å²) >= 11 is 0. The van der Waals surface area contributed by atoms with Gasteiger partial charge in [0.25, 0.3) is 0 Å². The standard InChI is InChI=1S/C19H28N4O/c1-16-12-18(23-11-5-9-20-23)7-6-17(16)13-22-10-4-8-19(24,15-22)14-21(2)3/h5-7,9,11-12,24H,4,8,10,13-15H2,1-3H3/t19-/m1/s1. The van der Waals surface area contributed by atoms with E-state index in [0.29, 0.717) is 0 Å². The molecule has 1 aliphatic heterocycles. The van der Waals surface area contributed by atoms with E-state index in [1.165, 1.54) is 11.1 Å². The average Bonchev–Trinajstić information content (AvgIpc) is 3.02. The summed E-state index contributed by atoms with van der Waals surface area (Å²) < 4.78 is 1.88. The van der Waals surface area contributed by atoms with E-state index in [4.69, 9.17) is 0 Å². The summed E-state index contributed by atoms with van der Waals surface area (Å²) in [5, 5.41) is 15.1. The number of aryl methyl sites for hydroxylation is 1. The number of hydrogen-bond donors (Lipinski definition) is 1. The van der Waals surface area contributed by atoms with Gasteiger partial charge in [0.05, 0.1) is 11.3 Å². The van der Waals surface area contributed by atoms with Crippen molar-refractivity contribution >= 4 is 0 Å². The first-order valence-corrected chi connectivity index (χ1v) is 8.64. The minimum Gasteiger partial charge on any atom is -0.387 e. The Balaban J connectivity index is 1.69. The molecule has 0 unspecified atom stereocenters. The average molecular weight is 328 g/mol. The van der Waals surface area contributed by atoms with Gasteiger partial charge in [-0.05, 0) is 69.7 Å². The molecule has 1 saturated heterocycles. The quantitative estimate of drug-likeness (QED) is 0.913. The molecule has 130 valence electrons. The fourth-order valence-corrected chi connectivity index (χ4v) is 3.72. The molecule has 2 heterocycles.